The van der Waals surface area contributed by atoms with E-state index in [0.29, 0.717) is 39.9 Å². The molecule has 0 aliphatic carbocycles. The predicted octanol–water partition coefficient (Wildman–Crippen LogP) is 4.12. The van der Waals surface area contributed by atoms with Crippen molar-refractivity contribution in [3.05, 3.63) is 84.7 Å². The van der Waals surface area contributed by atoms with Crippen molar-refractivity contribution in [1.29, 1.82) is 0 Å². The van der Waals surface area contributed by atoms with Crippen LogP contribution < -0.4 is 14.8 Å². The van der Waals surface area contributed by atoms with E-state index in [-0.39, 0.29) is 5.91 Å². The van der Waals surface area contributed by atoms with E-state index >= 15 is 0 Å². The minimum absolute atomic E-state index is 0.281. The number of methoxy groups -OCH3 is 2. The van der Waals surface area contributed by atoms with E-state index in [0.717, 1.165) is 11.1 Å². The molecule has 0 aliphatic rings. The number of pyridine rings is 1. The molecule has 1 amide bonds. The molecule has 34 heavy (non-hydrogen) atoms. The van der Waals surface area contributed by atoms with Crippen molar-refractivity contribution in [2.75, 3.05) is 19.5 Å². The van der Waals surface area contributed by atoms with Gasteiger partial charge in [-0.05, 0) is 48.5 Å². The van der Waals surface area contributed by atoms with Crippen LogP contribution in [0, 0.1) is 0 Å². The number of rotatable bonds is 6. The number of nitrogens with zero attached hydrogens (tertiary/aromatic N) is 5. The highest BCUT2D eigenvalue weighted by atomic mass is 16.5. The minimum atomic E-state index is -0.281. The molecule has 168 valence electrons. The fourth-order valence-electron chi connectivity index (χ4n) is 3.52. The number of hydrogen-bond acceptors (Lipinski definition) is 7. The summed E-state index contributed by atoms with van der Waals surface area (Å²) in [5.41, 5.74) is 4.09. The Bertz CT molecular complexity index is 1460. The van der Waals surface area contributed by atoms with Crippen molar-refractivity contribution in [3.8, 4) is 34.1 Å². The summed E-state index contributed by atoms with van der Waals surface area (Å²) in [6.45, 7) is 0. The second kappa shape index (κ2) is 8.99. The lowest BCUT2D eigenvalue weighted by Gasteiger charge is -2.10. The molecule has 0 radical (unpaired) electrons. The van der Waals surface area contributed by atoms with Crippen LogP contribution in [0.5, 0.6) is 11.5 Å². The molecule has 0 aliphatic heterocycles. The van der Waals surface area contributed by atoms with Gasteiger partial charge in [-0.2, -0.15) is 9.61 Å². The van der Waals surface area contributed by atoms with E-state index in [1.807, 2.05) is 48.5 Å². The summed E-state index contributed by atoms with van der Waals surface area (Å²) in [7, 11) is 3.08. The third-order valence-corrected chi connectivity index (χ3v) is 5.23. The summed E-state index contributed by atoms with van der Waals surface area (Å²) in [4.78, 5) is 16.9. The second-order valence-electron chi connectivity index (χ2n) is 7.38. The quantitative estimate of drug-likeness (QED) is 0.413. The third kappa shape index (κ3) is 4.14. The van der Waals surface area contributed by atoms with Crippen LogP contribution in [0.1, 0.15) is 10.4 Å². The van der Waals surface area contributed by atoms with E-state index in [1.165, 1.54) is 0 Å². The molecule has 5 rings (SSSR count). The molecule has 0 fully saturated rings. The smallest absolute Gasteiger partial charge is 0.255 e. The molecule has 9 nitrogen and oxygen atoms in total. The molecule has 5 aromatic rings. The van der Waals surface area contributed by atoms with Crippen LogP contribution in [0.25, 0.3) is 28.3 Å². The third-order valence-electron chi connectivity index (χ3n) is 5.23. The summed E-state index contributed by atoms with van der Waals surface area (Å²) in [5, 5.41) is 16.1. The van der Waals surface area contributed by atoms with Crippen molar-refractivity contribution >= 4 is 17.2 Å². The van der Waals surface area contributed by atoms with E-state index in [2.05, 4.69) is 20.5 Å². The topological polar surface area (TPSA) is 104 Å². The first-order chi connectivity index (χ1) is 16.6. The average molecular weight is 452 g/mol. The number of anilines is 1. The lowest BCUT2D eigenvalue weighted by atomic mass is 10.1. The molecule has 0 atom stereocenters. The molecule has 2 aromatic carbocycles. The summed E-state index contributed by atoms with van der Waals surface area (Å²) >= 11 is 0. The van der Waals surface area contributed by atoms with Gasteiger partial charge < -0.3 is 14.8 Å². The summed E-state index contributed by atoms with van der Waals surface area (Å²) in [6, 6.07) is 19.9. The maximum Gasteiger partial charge on any atom is 0.255 e. The van der Waals surface area contributed by atoms with Gasteiger partial charge in [0.25, 0.3) is 5.91 Å². The Kier molecular flexibility index (Phi) is 5.57. The molecule has 0 saturated carbocycles. The highest BCUT2D eigenvalue weighted by molar-refractivity contribution is 6.05. The number of nitrogens with one attached hydrogen (secondary N) is 1. The Morgan fingerprint density at radius 3 is 2.35 bits per heavy atom. The first-order valence-corrected chi connectivity index (χ1v) is 10.4. The molecule has 0 saturated heterocycles. The summed E-state index contributed by atoms with van der Waals surface area (Å²) in [5.74, 6) is 1.41. The first kappa shape index (κ1) is 21.1. The summed E-state index contributed by atoms with van der Waals surface area (Å²) in [6.07, 6.45) is 3.40. The van der Waals surface area contributed by atoms with Gasteiger partial charge in [0.2, 0.25) is 0 Å². The molecule has 3 aromatic heterocycles. The molecular formula is C25H20N6O3. The molecular weight excluding hydrogens is 432 g/mol. The maximum absolute atomic E-state index is 12.9. The van der Waals surface area contributed by atoms with E-state index in [1.54, 1.807) is 49.3 Å². The largest absolute Gasteiger partial charge is 0.497 e. The van der Waals surface area contributed by atoms with Crippen molar-refractivity contribution in [2.24, 2.45) is 0 Å². The predicted molar refractivity (Wildman–Crippen MR) is 127 cm³/mol. The van der Waals surface area contributed by atoms with Gasteiger partial charge in [-0.1, -0.05) is 12.1 Å². The Labute approximate surface area is 195 Å². The second-order valence-corrected chi connectivity index (χ2v) is 7.38. The minimum Gasteiger partial charge on any atom is -0.497 e. The van der Waals surface area contributed by atoms with Crippen LogP contribution in [0.4, 0.5) is 5.69 Å². The number of hydrogen-bond donors (Lipinski definition) is 1. The van der Waals surface area contributed by atoms with Gasteiger partial charge in [-0.25, -0.2) is 0 Å². The fraction of sp³-hybridized carbons (Fsp3) is 0.0800. The highest BCUT2D eigenvalue weighted by Crippen LogP contribution is 2.26. The number of ether oxygens (including phenoxy) is 2. The average Bonchev–Trinajstić information content (AvgIpc) is 3.32. The van der Waals surface area contributed by atoms with Crippen LogP contribution in [-0.4, -0.2) is 44.9 Å². The van der Waals surface area contributed by atoms with Crippen LogP contribution in [0.3, 0.4) is 0 Å². The van der Waals surface area contributed by atoms with Gasteiger partial charge in [-0.3, -0.25) is 9.78 Å². The van der Waals surface area contributed by atoms with Gasteiger partial charge in [0, 0.05) is 40.8 Å². The zero-order valence-corrected chi connectivity index (χ0v) is 18.5. The van der Waals surface area contributed by atoms with Crippen molar-refractivity contribution in [1.82, 2.24) is 24.8 Å². The lowest BCUT2D eigenvalue weighted by molar-refractivity contribution is 0.102. The standard InChI is InChI=1S/C25H20N6O3/c1-33-20-13-18(14-21(15-20)34-2)25(32)27-19-5-3-4-17(12-19)22-6-7-23-28-29-24(31(23)30-22)16-8-10-26-11-9-16/h3-15H,1-2H3,(H,27,32). The Morgan fingerprint density at radius 1 is 0.853 bits per heavy atom. The number of carbonyl (C=O) groups is 1. The van der Waals surface area contributed by atoms with Crippen LogP contribution in [0.2, 0.25) is 0 Å². The Hall–Kier alpha value is -4.79. The van der Waals surface area contributed by atoms with Crippen LogP contribution in [0.15, 0.2) is 79.1 Å². The van der Waals surface area contributed by atoms with Crippen molar-refractivity contribution in [3.63, 3.8) is 0 Å². The Morgan fingerprint density at radius 2 is 1.62 bits per heavy atom. The lowest BCUT2D eigenvalue weighted by Crippen LogP contribution is -2.12. The number of amides is 1. The van der Waals surface area contributed by atoms with Crippen LogP contribution in [-0.2, 0) is 0 Å². The van der Waals surface area contributed by atoms with Gasteiger partial charge in [0.15, 0.2) is 11.5 Å². The first-order valence-electron chi connectivity index (χ1n) is 10.4. The zero-order valence-electron chi connectivity index (χ0n) is 18.5. The number of aromatic nitrogens is 5. The normalized spacial score (nSPS) is 10.8. The van der Waals surface area contributed by atoms with Crippen molar-refractivity contribution in [2.45, 2.75) is 0 Å². The number of benzene rings is 2. The SMILES string of the molecule is COc1cc(OC)cc(C(=O)Nc2cccc(-c3ccc4nnc(-c5ccncc5)n4n3)c2)c1. The Balaban J connectivity index is 1.45. The van der Waals surface area contributed by atoms with Gasteiger partial charge >= 0.3 is 0 Å². The monoisotopic (exact) mass is 452 g/mol. The number of carbonyl (C=O) groups excluding carboxylic acids is 1. The maximum atomic E-state index is 12.9. The molecule has 0 spiro atoms. The number of fused-ring (bicyclic) bond motifs is 1. The fourth-order valence-corrected chi connectivity index (χ4v) is 3.52. The highest BCUT2D eigenvalue weighted by Gasteiger charge is 2.13. The zero-order chi connectivity index (χ0) is 23.5. The van der Waals surface area contributed by atoms with Gasteiger partial charge in [0.1, 0.15) is 11.5 Å². The van der Waals surface area contributed by atoms with Gasteiger partial charge in [-0.15, -0.1) is 10.2 Å². The van der Waals surface area contributed by atoms with E-state index in [4.69, 9.17) is 14.6 Å². The summed E-state index contributed by atoms with van der Waals surface area (Å²) < 4.78 is 12.2. The van der Waals surface area contributed by atoms with Crippen molar-refractivity contribution < 1.29 is 14.3 Å². The molecule has 1 N–H and O–H groups in total. The molecule has 0 unspecified atom stereocenters. The van der Waals surface area contributed by atoms with E-state index < -0.39 is 0 Å². The molecule has 3 heterocycles. The molecule has 9 heteroatoms. The van der Waals surface area contributed by atoms with Crippen LogP contribution >= 0.6 is 0 Å². The van der Waals surface area contributed by atoms with Gasteiger partial charge in [0.05, 0.1) is 19.9 Å². The van der Waals surface area contributed by atoms with E-state index in [9.17, 15) is 4.79 Å². The molecule has 0 bridgehead atoms.